The molecule has 1 unspecified atom stereocenters. The molecule has 0 heterocycles. The van der Waals surface area contributed by atoms with E-state index in [0.29, 0.717) is 5.41 Å². The van der Waals surface area contributed by atoms with E-state index in [1.165, 1.54) is 30.4 Å². The lowest BCUT2D eigenvalue weighted by Crippen LogP contribution is -2.29. The van der Waals surface area contributed by atoms with Crippen molar-refractivity contribution in [1.82, 2.24) is 5.32 Å². The topological polar surface area (TPSA) is 12.0 Å². The van der Waals surface area contributed by atoms with Crippen molar-refractivity contribution in [3.05, 3.63) is 35.4 Å². The molecule has 1 fully saturated rings. The van der Waals surface area contributed by atoms with Gasteiger partial charge in [0.2, 0.25) is 0 Å². The minimum atomic E-state index is 0.557. The van der Waals surface area contributed by atoms with Crippen molar-refractivity contribution in [1.29, 1.82) is 0 Å². The van der Waals surface area contributed by atoms with E-state index in [2.05, 4.69) is 50.4 Å². The maximum atomic E-state index is 3.71. The Morgan fingerprint density at radius 3 is 2.82 bits per heavy atom. The highest BCUT2D eigenvalue weighted by molar-refractivity contribution is 5.22. The summed E-state index contributed by atoms with van der Waals surface area (Å²) in [5, 5.41) is 3.71. The van der Waals surface area contributed by atoms with Gasteiger partial charge in [-0.05, 0) is 50.1 Å². The van der Waals surface area contributed by atoms with Crippen LogP contribution in [0.3, 0.4) is 0 Å². The summed E-state index contributed by atoms with van der Waals surface area (Å²) < 4.78 is 0. The number of hydrogen-bond donors (Lipinski definition) is 1. The molecule has 0 amide bonds. The molecule has 0 aromatic heterocycles. The van der Waals surface area contributed by atoms with Crippen LogP contribution in [0.2, 0.25) is 0 Å². The van der Waals surface area contributed by atoms with Gasteiger partial charge in [0.25, 0.3) is 0 Å². The number of nitrogens with one attached hydrogen (secondary N) is 1. The van der Waals surface area contributed by atoms with Crippen molar-refractivity contribution < 1.29 is 0 Å². The van der Waals surface area contributed by atoms with E-state index in [4.69, 9.17) is 0 Å². The Hall–Kier alpha value is -0.820. The predicted molar refractivity (Wildman–Crippen MR) is 74.3 cm³/mol. The van der Waals surface area contributed by atoms with Crippen molar-refractivity contribution in [3.63, 3.8) is 0 Å². The first-order valence-electron chi connectivity index (χ1n) is 6.84. The molecule has 1 aromatic rings. The zero-order valence-corrected chi connectivity index (χ0v) is 11.4. The third-order valence-electron chi connectivity index (χ3n) is 3.90. The van der Waals surface area contributed by atoms with Crippen molar-refractivity contribution in [2.75, 3.05) is 6.54 Å². The van der Waals surface area contributed by atoms with Gasteiger partial charge < -0.3 is 5.32 Å². The molecule has 1 aromatic carbocycles. The first kappa shape index (κ1) is 12.6. The highest BCUT2D eigenvalue weighted by Crippen LogP contribution is 2.36. The van der Waals surface area contributed by atoms with E-state index < -0.39 is 0 Å². The number of benzene rings is 1. The van der Waals surface area contributed by atoms with E-state index >= 15 is 0 Å². The molecule has 0 bridgehead atoms. The molecular weight excluding hydrogens is 206 g/mol. The van der Waals surface area contributed by atoms with Gasteiger partial charge in [-0.3, -0.25) is 0 Å². The molecule has 0 saturated heterocycles. The molecule has 1 aliphatic carbocycles. The largest absolute Gasteiger partial charge is 0.314 e. The Bertz CT molecular complexity index is 368. The zero-order chi connectivity index (χ0) is 12.3. The SMILES string of the molecule is Cc1cccc(CCNC2CCC(C)(C)C2)c1. The fourth-order valence-electron chi connectivity index (χ4n) is 2.90. The predicted octanol–water partition coefficient (Wildman–Crippen LogP) is 3.71. The van der Waals surface area contributed by atoms with Gasteiger partial charge in [0, 0.05) is 6.04 Å². The van der Waals surface area contributed by atoms with Gasteiger partial charge in [0.1, 0.15) is 0 Å². The normalized spacial score (nSPS) is 22.9. The smallest absolute Gasteiger partial charge is 0.00724 e. The van der Waals surface area contributed by atoms with Crippen LogP contribution in [0.1, 0.15) is 44.2 Å². The Morgan fingerprint density at radius 2 is 2.18 bits per heavy atom. The molecular formula is C16H25N. The van der Waals surface area contributed by atoms with Crippen LogP contribution in [0.4, 0.5) is 0 Å². The summed E-state index contributed by atoms with van der Waals surface area (Å²) in [7, 11) is 0. The van der Waals surface area contributed by atoms with E-state index in [-0.39, 0.29) is 0 Å². The summed E-state index contributed by atoms with van der Waals surface area (Å²) in [6.45, 7) is 8.05. The van der Waals surface area contributed by atoms with E-state index in [9.17, 15) is 0 Å². The van der Waals surface area contributed by atoms with Crippen LogP contribution in [0, 0.1) is 12.3 Å². The molecule has 1 heteroatoms. The van der Waals surface area contributed by atoms with Crippen molar-refractivity contribution in [2.24, 2.45) is 5.41 Å². The molecule has 17 heavy (non-hydrogen) atoms. The molecule has 1 N–H and O–H groups in total. The van der Waals surface area contributed by atoms with Crippen molar-refractivity contribution in [3.8, 4) is 0 Å². The Labute approximate surface area is 106 Å². The molecule has 1 nitrogen and oxygen atoms in total. The quantitative estimate of drug-likeness (QED) is 0.833. The van der Waals surface area contributed by atoms with Crippen molar-refractivity contribution >= 4 is 0 Å². The van der Waals surface area contributed by atoms with Crippen LogP contribution < -0.4 is 5.32 Å². The fourth-order valence-corrected chi connectivity index (χ4v) is 2.90. The summed E-state index contributed by atoms with van der Waals surface area (Å²) in [4.78, 5) is 0. The highest BCUT2D eigenvalue weighted by atomic mass is 14.9. The average Bonchev–Trinajstić information content (AvgIpc) is 2.58. The second kappa shape index (κ2) is 5.22. The zero-order valence-electron chi connectivity index (χ0n) is 11.4. The van der Waals surface area contributed by atoms with Gasteiger partial charge in [0.05, 0.1) is 0 Å². The fraction of sp³-hybridized carbons (Fsp3) is 0.625. The second-order valence-corrected chi connectivity index (χ2v) is 6.30. The van der Waals surface area contributed by atoms with Crippen molar-refractivity contribution in [2.45, 2.75) is 52.5 Å². The maximum absolute atomic E-state index is 3.71. The van der Waals surface area contributed by atoms with E-state index in [0.717, 1.165) is 19.0 Å². The van der Waals surface area contributed by atoms with Crippen LogP contribution in [0.15, 0.2) is 24.3 Å². The highest BCUT2D eigenvalue weighted by Gasteiger charge is 2.30. The Kier molecular flexibility index (Phi) is 3.88. The summed E-state index contributed by atoms with van der Waals surface area (Å²) in [5.41, 5.74) is 3.38. The van der Waals surface area contributed by atoms with E-state index in [1.807, 2.05) is 0 Å². The lowest BCUT2D eigenvalue weighted by molar-refractivity contribution is 0.365. The number of aryl methyl sites for hydroxylation is 1. The molecule has 0 aliphatic heterocycles. The Balaban J connectivity index is 1.73. The van der Waals surface area contributed by atoms with Gasteiger partial charge >= 0.3 is 0 Å². The minimum absolute atomic E-state index is 0.557. The van der Waals surface area contributed by atoms with E-state index in [1.54, 1.807) is 0 Å². The molecule has 1 atom stereocenters. The second-order valence-electron chi connectivity index (χ2n) is 6.30. The van der Waals surface area contributed by atoms with Gasteiger partial charge in [-0.15, -0.1) is 0 Å². The summed E-state index contributed by atoms with van der Waals surface area (Å²) in [6, 6.07) is 9.59. The Morgan fingerprint density at radius 1 is 1.35 bits per heavy atom. The summed E-state index contributed by atoms with van der Waals surface area (Å²) in [5.74, 6) is 0. The molecule has 0 radical (unpaired) electrons. The lowest BCUT2D eigenvalue weighted by Gasteiger charge is -2.17. The van der Waals surface area contributed by atoms with Gasteiger partial charge in [-0.25, -0.2) is 0 Å². The summed E-state index contributed by atoms with van der Waals surface area (Å²) in [6.07, 6.45) is 5.20. The monoisotopic (exact) mass is 231 g/mol. The van der Waals surface area contributed by atoms with Crippen LogP contribution in [-0.4, -0.2) is 12.6 Å². The van der Waals surface area contributed by atoms with Crippen LogP contribution >= 0.6 is 0 Å². The average molecular weight is 231 g/mol. The third-order valence-corrected chi connectivity index (χ3v) is 3.90. The number of rotatable bonds is 4. The first-order chi connectivity index (χ1) is 8.05. The van der Waals surface area contributed by atoms with Crippen LogP contribution in [0.5, 0.6) is 0 Å². The van der Waals surface area contributed by atoms with Gasteiger partial charge in [0.15, 0.2) is 0 Å². The van der Waals surface area contributed by atoms with Crippen LogP contribution in [0.25, 0.3) is 0 Å². The van der Waals surface area contributed by atoms with Gasteiger partial charge in [-0.2, -0.15) is 0 Å². The summed E-state index contributed by atoms with van der Waals surface area (Å²) >= 11 is 0. The maximum Gasteiger partial charge on any atom is 0.00724 e. The first-order valence-corrected chi connectivity index (χ1v) is 6.84. The number of hydrogen-bond acceptors (Lipinski definition) is 1. The molecule has 2 rings (SSSR count). The minimum Gasteiger partial charge on any atom is -0.314 e. The molecule has 0 spiro atoms. The van der Waals surface area contributed by atoms with Gasteiger partial charge in [-0.1, -0.05) is 43.7 Å². The molecule has 1 aliphatic rings. The van der Waals surface area contributed by atoms with Crippen LogP contribution in [-0.2, 0) is 6.42 Å². The lowest BCUT2D eigenvalue weighted by atomic mass is 9.92. The molecule has 1 saturated carbocycles. The third kappa shape index (κ3) is 3.85. The molecule has 94 valence electrons. The standard InChI is InChI=1S/C16H25N/c1-13-5-4-6-14(11-13)8-10-17-15-7-9-16(2,3)12-15/h4-6,11,15,17H,7-10,12H2,1-3H3.